The quantitative estimate of drug-likeness (QED) is 0.795. The lowest BCUT2D eigenvalue weighted by molar-refractivity contribution is 0.191. The molecule has 1 aromatic heterocycles. The molecular formula is C10H11ClF2N2O. The van der Waals surface area contributed by atoms with Gasteiger partial charge < -0.3 is 10.8 Å². The number of alkyl halides is 1. The van der Waals surface area contributed by atoms with Crippen LogP contribution in [-0.4, -0.2) is 22.9 Å². The predicted octanol–water partition coefficient (Wildman–Crippen LogP) is 1.38. The number of halogens is 3. The summed E-state index contributed by atoms with van der Waals surface area (Å²) in [4.78, 5) is 3.73. The lowest BCUT2D eigenvalue weighted by atomic mass is 9.91. The van der Waals surface area contributed by atoms with E-state index in [0.717, 1.165) is 6.07 Å². The van der Waals surface area contributed by atoms with Crippen LogP contribution in [0.4, 0.5) is 8.78 Å². The van der Waals surface area contributed by atoms with Crippen LogP contribution in [0.15, 0.2) is 12.1 Å². The van der Waals surface area contributed by atoms with Gasteiger partial charge in [-0.25, -0.2) is 13.8 Å². The number of nitrogens with zero attached hydrogens (tertiary/aromatic N) is 1. The largest absolute Gasteiger partial charge is 0.393 e. The Bertz CT molecular complexity index is 418. The number of pyridine rings is 1. The molecule has 88 valence electrons. The molecule has 3 N–H and O–H groups in total. The van der Waals surface area contributed by atoms with E-state index < -0.39 is 30.1 Å². The van der Waals surface area contributed by atoms with Crippen LogP contribution in [0.1, 0.15) is 12.1 Å². The van der Waals surface area contributed by atoms with Gasteiger partial charge in [0.1, 0.15) is 23.3 Å². The first-order chi connectivity index (χ1) is 7.49. The van der Waals surface area contributed by atoms with Crippen LogP contribution in [0.5, 0.6) is 0 Å². The monoisotopic (exact) mass is 248 g/mol. The molecule has 0 aliphatic heterocycles. The zero-order valence-corrected chi connectivity index (χ0v) is 9.09. The Morgan fingerprint density at radius 1 is 1.62 bits per heavy atom. The predicted molar refractivity (Wildman–Crippen MR) is 55.2 cm³/mol. The Balaban J connectivity index is 2.43. The summed E-state index contributed by atoms with van der Waals surface area (Å²) < 4.78 is 26.5. The van der Waals surface area contributed by atoms with Crippen molar-refractivity contribution in [1.29, 1.82) is 0 Å². The molecule has 1 unspecified atom stereocenters. The van der Waals surface area contributed by atoms with E-state index in [1.54, 1.807) is 0 Å². The van der Waals surface area contributed by atoms with E-state index in [4.69, 9.17) is 17.3 Å². The fourth-order valence-corrected chi connectivity index (χ4v) is 1.97. The first-order valence-corrected chi connectivity index (χ1v) is 5.22. The van der Waals surface area contributed by atoms with Crippen LogP contribution >= 0.6 is 11.6 Å². The molecule has 2 rings (SSSR count). The molecule has 1 aliphatic carbocycles. The molecule has 0 spiro atoms. The van der Waals surface area contributed by atoms with Crippen molar-refractivity contribution in [1.82, 2.24) is 4.98 Å². The standard InChI is InChI=1S/C10H11ClF2N2O/c11-8-2-1-6(13)9(15-8)10(14,4-12)5-3-7(5)16/h1-2,5,7,16H,3-4,14H2/t5-,7?,10-/m0/s1. The SMILES string of the molecule is N[C@](CF)(c1nc(Cl)ccc1F)[C@H]1CC1O. The van der Waals surface area contributed by atoms with Gasteiger partial charge in [-0.1, -0.05) is 11.6 Å². The number of aromatic nitrogens is 1. The van der Waals surface area contributed by atoms with Gasteiger partial charge in [0.2, 0.25) is 0 Å². The minimum absolute atomic E-state index is 0.0508. The van der Waals surface area contributed by atoms with Crippen LogP contribution in [-0.2, 0) is 5.54 Å². The molecule has 1 aromatic rings. The van der Waals surface area contributed by atoms with Crippen molar-refractivity contribution in [2.45, 2.75) is 18.1 Å². The molecule has 3 nitrogen and oxygen atoms in total. The van der Waals surface area contributed by atoms with Crippen LogP contribution in [0.2, 0.25) is 5.15 Å². The maximum Gasteiger partial charge on any atom is 0.146 e. The molecule has 1 saturated carbocycles. The van der Waals surface area contributed by atoms with Gasteiger partial charge in [0.25, 0.3) is 0 Å². The normalized spacial score (nSPS) is 27.6. The summed E-state index contributed by atoms with van der Waals surface area (Å²) in [5, 5.41) is 9.34. The second kappa shape index (κ2) is 3.91. The molecule has 0 aromatic carbocycles. The van der Waals surface area contributed by atoms with E-state index in [1.165, 1.54) is 6.07 Å². The Labute approximate surface area is 96.2 Å². The van der Waals surface area contributed by atoms with Gasteiger partial charge in [0.15, 0.2) is 0 Å². The average Bonchev–Trinajstić information content (AvgIpc) is 2.99. The van der Waals surface area contributed by atoms with E-state index in [-0.39, 0.29) is 10.8 Å². The van der Waals surface area contributed by atoms with Gasteiger partial charge in [-0.15, -0.1) is 0 Å². The molecule has 3 atom stereocenters. The molecule has 0 saturated heterocycles. The second-order valence-electron chi connectivity index (χ2n) is 4.05. The van der Waals surface area contributed by atoms with E-state index in [9.17, 15) is 13.9 Å². The molecular weight excluding hydrogens is 238 g/mol. The van der Waals surface area contributed by atoms with Crippen molar-refractivity contribution < 1.29 is 13.9 Å². The van der Waals surface area contributed by atoms with Crippen LogP contribution in [0, 0.1) is 11.7 Å². The highest BCUT2D eigenvalue weighted by atomic mass is 35.5. The highest BCUT2D eigenvalue weighted by molar-refractivity contribution is 6.29. The van der Waals surface area contributed by atoms with Crippen molar-refractivity contribution in [2.24, 2.45) is 11.7 Å². The summed E-state index contributed by atoms with van der Waals surface area (Å²) in [5.41, 5.74) is 3.98. The maximum atomic E-state index is 13.5. The van der Waals surface area contributed by atoms with E-state index >= 15 is 0 Å². The molecule has 1 aliphatic rings. The molecule has 1 heterocycles. The summed E-state index contributed by atoms with van der Waals surface area (Å²) in [6.45, 7) is -0.987. The molecule has 1 fully saturated rings. The highest BCUT2D eigenvalue weighted by Gasteiger charge is 2.53. The summed E-state index contributed by atoms with van der Waals surface area (Å²) in [5.74, 6) is -1.21. The number of hydrogen-bond donors (Lipinski definition) is 2. The van der Waals surface area contributed by atoms with Crippen molar-refractivity contribution in [3.63, 3.8) is 0 Å². The number of aliphatic hydroxyl groups is 1. The molecule has 16 heavy (non-hydrogen) atoms. The van der Waals surface area contributed by atoms with Gasteiger partial charge in [-0.3, -0.25) is 0 Å². The van der Waals surface area contributed by atoms with E-state index in [1.807, 2.05) is 0 Å². The minimum Gasteiger partial charge on any atom is -0.393 e. The Hall–Kier alpha value is -0.780. The number of rotatable bonds is 3. The van der Waals surface area contributed by atoms with Crippen molar-refractivity contribution in [2.75, 3.05) is 6.67 Å². The summed E-state index contributed by atoms with van der Waals surface area (Å²) in [6.07, 6.45) is -0.338. The van der Waals surface area contributed by atoms with Gasteiger partial charge in [0.05, 0.1) is 11.6 Å². The summed E-state index contributed by atoms with van der Waals surface area (Å²) >= 11 is 5.62. The zero-order valence-electron chi connectivity index (χ0n) is 8.33. The molecule has 0 radical (unpaired) electrons. The van der Waals surface area contributed by atoms with E-state index in [2.05, 4.69) is 4.98 Å². The molecule has 0 amide bonds. The maximum absolute atomic E-state index is 13.5. The number of hydrogen-bond acceptors (Lipinski definition) is 3. The first-order valence-electron chi connectivity index (χ1n) is 4.84. The minimum atomic E-state index is -1.59. The third kappa shape index (κ3) is 1.79. The number of aliphatic hydroxyl groups excluding tert-OH is 1. The Morgan fingerprint density at radius 2 is 2.25 bits per heavy atom. The Kier molecular flexibility index (Phi) is 2.86. The van der Waals surface area contributed by atoms with Gasteiger partial charge in [-0.05, 0) is 18.6 Å². The zero-order chi connectivity index (χ0) is 11.9. The summed E-state index contributed by atoms with van der Waals surface area (Å²) in [6, 6.07) is 2.36. The fourth-order valence-electron chi connectivity index (χ4n) is 1.82. The van der Waals surface area contributed by atoms with Gasteiger partial charge in [-0.2, -0.15) is 0 Å². The summed E-state index contributed by atoms with van der Waals surface area (Å²) in [7, 11) is 0. The van der Waals surface area contributed by atoms with E-state index in [0.29, 0.717) is 6.42 Å². The topological polar surface area (TPSA) is 59.1 Å². The second-order valence-corrected chi connectivity index (χ2v) is 4.44. The molecule has 6 heteroatoms. The Morgan fingerprint density at radius 3 is 2.75 bits per heavy atom. The van der Waals surface area contributed by atoms with Crippen molar-refractivity contribution in [3.8, 4) is 0 Å². The third-order valence-electron chi connectivity index (χ3n) is 2.89. The fraction of sp³-hybridized carbons (Fsp3) is 0.500. The van der Waals surface area contributed by atoms with Crippen molar-refractivity contribution in [3.05, 3.63) is 28.8 Å². The third-order valence-corrected chi connectivity index (χ3v) is 3.10. The van der Waals surface area contributed by atoms with Crippen molar-refractivity contribution >= 4 is 11.6 Å². The van der Waals surface area contributed by atoms with Gasteiger partial charge >= 0.3 is 0 Å². The van der Waals surface area contributed by atoms with Crippen LogP contribution < -0.4 is 5.73 Å². The first kappa shape index (κ1) is 11.7. The average molecular weight is 249 g/mol. The van der Waals surface area contributed by atoms with Crippen LogP contribution in [0.25, 0.3) is 0 Å². The smallest absolute Gasteiger partial charge is 0.146 e. The number of nitrogens with two attached hydrogens (primary N) is 1. The molecule has 0 bridgehead atoms. The van der Waals surface area contributed by atoms with Crippen LogP contribution in [0.3, 0.4) is 0 Å². The lowest BCUT2D eigenvalue weighted by Gasteiger charge is -2.26. The van der Waals surface area contributed by atoms with Gasteiger partial charge in [0, 0.05) is 5.92 Å². The highest BCUT2D eigenvalue weighted by Crippen LogP contribution is 2.44. The lowest BCUT2D eigenvalue weighted by Crippen LogP contribution is -2.44.